The van der Waals surface area contributed by atoms with Gasteiger partial charge in [-0.2, -0.15) is 8.42 Å². The number of carbonyl (C=O) groups excluding carboxylic acids is 1. The van der Waals surface area contributed by atoms with Crippen molar-refractivity contribution < 1.29 is 37.2 Å². The summed E-state index contributed by atoms with van der Waals surface area (Å²) in [4.78, 5) is 33.3. The van der Waals surface area contributed by atoms with Crippen LogP contribution in [0.5, 0.6) is 0 Å². The molecule has 0 aromatic heterocycles. The van der Waals surface area contributed by atoms with Crippen LogP contribution in [0.25, 0.3) is 0 Å². The molecule has 1 aromatic rings. The van der Waals surface area contributed by atoms with Gasteiger partial charge in [0.05, 0.1) is 12.9 Å². The summed E-state index contributed by atoms with van der Waals surface area (Å²) in [7, 11) is -3.56. The van der Waals surface area contributed by atoms with Crippen molar-refractivity contribution in [2.75, 3.05) is 11.6 Å². The van der Waals surface area contributed by atoms with Gasteiger partial charge in [-0.05, 0) is 24.1 Å². The number of nitrogens with one attached hydrogen (secondary N) is 2. The highest BCUT2D eigenvalue weighted by Gasteiger charge is 2.20. The van der Waals surface area contributed by atoms with Crippen molar-refractivity contribution in [2.24, 2.45) is 0 Å². The van der Waals surface area contributed by atoms with Gasteiger partial charge < -0.3 is 20.8 Å². The molecule has 10 nitrogen and oxygen atoms in total. The zero-order valence-electron chi connectivity index (χ0n) is 13.3. The lowest BCUT2D eigenvalue weighted by molar-refractivity contribution is -0.140. The molecule has 0 aliphatic heterocycles. The summed E-state index contributed by atoms with van der Waals surface area (Å²) in [6.07, 6.45) is 0.280. The largest absolute Gasteiger partial charge is 0.481 e. The number of anilines is 1. The third kappa shape index (κ3) is 8.67. The monoisotopic (exact) mass is 374 g/mol. The quantitative estimate of drug-likeness (QED) is 0.457. The summed E-state index contributed by atoms with van der Waals surface area (Å²) in [5.74, 6) is -2.51. The van der Waals surface area contributed by atoms with Crippen LogP contribution in [-0.4, -0.2) is 48.9 Å². The fourth-order valence-electron chi connectivity index (χ4n) is 1.71. The van der Waals surface area contributed by atoms with Crippen molar-refractivity contribution in [3.05, 3.63) is 29.8 Å². The zero-order valence-corrected chi connectivity index (χ0v) is 14.1. The second-order valence-corrected chi connectivity index (χ2v) is 6.73. The van der Waals surface area contributed by atoms with E-state index in [4.69, 9.17) is 10.2 Å². The van der Waals surface area contributed by atoms with E-state index < -0.39 is 40.6 Å². The summed E-state index contributed by atoms with van der Waals surface area (Å²) in [5, 5.41) is 22.1. The van der Waals surface area contributed by atoms with Gasteiger partial charge in [0.25, 0.3) is 10.1 Å². The first-order chi connectivity index (χ1) is 11.6. The average molecular weight is 374 g/mol. The molecular formula is C14H18N2O8S. The summed E-state index contributed by atoms with van der Waals surface area (Å²) >= 11 is 0. The molecule has 4 N–H and O–H groups in total. The van der Waals surface area contributed by atoms with Gasteiger partial charge >= 0.3 is 18.0 Å². The molecular weight excluding hydrogens is 356 g/mol. The molecule has 0 bridgehead atoms. The highest BCUT2D eigenvalue weighted by Crippen LogP contribution is 2.11. The van der Waals surface area contributed by atoms with E-state index in [1.165, 1.54) is 24.3 Å². The molecule has 1 atom stereocenters. The molecule has 0 radical (unpaired) electrons. The Kier molecular flexibility index (Phi) is 7.33. The Morgan fingerprint density at radius 2 is 1.76 bits per heavy atom. The molecule has 25 heavy (non-hydrogen) atoms. The van der Waals surface area contributed by atoms with Gasteiger partial charge in [-0.1, -0.05) is 12.1 Å². The van der Waals surface area contributed by atoms with E-state index in [-0.39, 0.29) is 13.0 Å². The van der Waals surface area contributed by atoms with Gasteiger partial charge in [0.2, 0.25) is 0 Å². The zero-order chi connectivity index (χ0) is 19.0. The molecule has 0 aliphatic rings. The maximum absolute atomic E-state index is 11.8. The predicted molar refractivity (Wildman–Crippen MR) is 86.5 cm³/mol. The Morgan fingerprint density at radius 3 is 2.24 bits per heavy atom. The van der Waals surface area contributed by atoms with Crippen LogP contribution in [0.4, 0.5) is 10.5 Å². The Balaban J connectivity index is 2.58. The second-order valence-electron chi connectivity index (χ2n) is 5.08. The molecule has 0 heterocycles. The molecule has 0 saturated heterocycles. The van der Waals surface area contributed by atoms with Gasteiger partial charge in [0.1, 0.15) is 6.04 Å². The molecule has 2 amide bonds. The molecule has 0 aliphatic carbocycles. The van der Waals surface area contributed by atoms with E-state index in [1.807, 2.05) is 0 Å². The lowest BCUT2D eigenvalue weighted by Crippen LogP contribution is -2.43. The smallest absolute Gasteiger partial charge is 0.326 e. The molecule has 0 fully saturated rings. The van der Waals surface area contributed by atoms with E-state index in [1.54, 1.807) is 0 Å². The van der Waals surface area contributed by atoms with Crippen LogP contribution in [0.1, 0.15) is 18.4 Å². The average Bonchev–Trinajstić information content (AvgIpc) is 2.49. The lowest BCUT2D eigenvalue weighted by Gasteiger charge is -2.14. The van der Waals surface area contributed by atoms with Crippen LogP contribution in [0, 0.1) is 0 Å². The number of hydrogen-bond donors (Lipinski definition) is 4. The van der Waals surface area contributed by atoms with Crippen LogP contribution < -0.4 is 10.6 Å². The molecule has 0 saturated carbocycles. The Labute approximate surface area is 143 Å². The number of benzene rings is 1. The molecule has 11 heteroatoms. The van der Waals surface area contributed by atoms with Gasteiger partial charge in [-0.25, -0.2) is 9.59 Å². The van der Waals surface area contributed by atoms with E-state index in [0.29, 0.717) is 11.3 Å². The van der Waals surface area contributed by atoms with Crippen molar-refractivity contribution in [3.8, 4) is 0 Å². The highest BCUT2D eigenvalue weighted by molar-refractivity contribution is 7.85. The van der Waals surface area contributed by atoms with Crippen molar-refractivity contribution in [1.29, 1.82) is 0 Å². The van der Waals surface area contributed by atoms with Crippen molar-refractivity contribution in [3.63, 3.8) is 0 Å². The Bertz CT molecular complexity index is 730. The van der Waals surface area contributed by atoms with Crippen LogP contribution in [0.2, 0.25) is 0 Å². The summed E-state index contributed by atoms with van der Waals surface area (Å²) in [6, 6.07) is 3.87. The van der Waals surface area contributed by atoms with Crippen molar-refractivity contribution in [2.45, 2.75) is 25.5 Å². The Morgan fingerprint density at radius 1 is 1.16 bits per heavy atom. The predicted octanol–water partition coefficient (Wildman–Crippen LogP) is 0.602. The van der Waals surface area contributed by atoms with E-state index in [2.05, 4.69) is 14.8 Å². The second kappa shape index (κ2) is 8.99. The Hall–Kier alpha value is -2.66. The maximum atomic E-state index is 11.8. The maximum Gasteiger partial charge on any atom is 0.326 e. The lowest BCUT2D eigenvalue weighted by atomic mass is 10.1. The van der Waals surface area contributed by atoms with Gasteiger partial charge in [0, 0.05) is 12.1 Å². The third-order valence-electron chi connectivity index (χ3n) is 2.90. The number of carboxylic acids is 2. The van der Waals surface area contributed by atoms with Gasteiger partial charge in [-0.3, -0.25) is 8.98 Å². The fraction of sp³-hybridized carbons (Fsp3) is 0.357. The van der Waals surface area contributed by atoms with Crippen molar-refractivity contribution >= 4 is 33.8 Å². The van der Waals surface area contributed by atoms with E-state index in [0.717, 1.165) is 6.26 Å². The standard InChI is InChI=1S/C14H18N2O8S/c1-25(22,23)24-8-9-2-4-10(5-3-9)15-14(21)16-11(13(19)20)6-7-12(17)18/h2-5,11H,6-8H2,1H3,(H,17,18)(H,19,20)(H2,15,16,21). The summed E-state index contributed by atoms with van der Waals surface area (Å²) < 4.78 is 26.4. The summed E-state index contributed by atoms with van der Waals surface area (Å²) in [6.45, 7) is -0.151. The minimum Gasteiger partial charge on any atom is -0.481 e. The van der Waals surface area contributed by atoms with Crippen LogP contribution in [0.15, 0.2) is 24.3 Å². The van der Waals surface area contributed by atoms with E-state index >= 15 is 0 Å². The molecule has 1 rings (SSSR count). The number of urea groups is 1. The third-order valence-corrected chi connectivity index (χ3v) is 3.45. The number of carbonyl (C=O) groups is 3. The topological polar surface area (TPSA) is 159 Å². The van der Waals surface area contributed by atoms with E-state index in [9.17, 15) is 22.8 Å². The van der Waals surface area contributed by atoms with Gasteiger partial charge in [0.15, 0.2) is 0 Å². The van der Waals surface area contributed by atoms with Crippen LogP contribution >= 0.6 is 0 Å². The molecule has 0 spiro atoms. The first-order valence-corrected chi connectivity index (χ1v) is 8.84. The first-order valence-electron chi connectivity index (χ1n) is 7.02. The number of rotatable bonds is 9. The fourth-order valence-corrected chi connectivity index (χ4v) is 2.06. The van der Waals surface area contributed by atoms with Crippen LogP contribution in [-0.2, 0) is 30.5 Å². The number of hydrogen-bond acceptors (Lipinski definition) is 6. The van der Waals surface area contributed by atoms with Gasteiger partial charge in [-0.15, -0.1) is 0 Å². The minimum atomic E-state index is -3.56. The SMILES string of the molecule is CS(=O)(=O)OCc1ccc(NC(=O)NC(CCC(=O)O)C(=O)O)cc1. The number of carboxylic acid groups (broad SMARTS) is 2. The first kappa shape index (κ1) is 20.4. The normalized spacial score (nSPS) is 12.2. The summed E-state index contributed by atoms with van der Waals surface area (Å²) in [5.41, 5.74) is 0.893. The highest BCUT2D eigenvalue weighted by atomic mass is 32.2. The molecule has 1 aromatic carbocycles. The van der Waals surface area contributed by atoms with Crippen LogP contribution in [0.3, 0.4) is 0 Å². The number of amides is 2. The van der Waals surface area contributed by atoms with Crippen molar-refractivity contribution in [1.82, 2.24) is 5.32 Å². The molecule has 138 valence electrons. The molecule has 1 unspecified atom stereocenters. The minimum absolute atomic E-state index is 0.151. The number of aliphatic carboxylic acids is 2.